The zero-order valence-electron chi connectivity index (χ0n) is 13.4. The van der Waals surface area contributed by atoms with Crippen molar-refractivity contribution in [2.45, 2.75) is 30.7 Å². The summed E-state index contributed by atoms with van der Waals surface area (Å²) in [5.41, 5.74) is -0.232. The summed E-state index contributed by atoms with van der Waals surface area (Å²) in [6, 6.07) is 12.1. The molecule has 3 N–H and O–H groups in total. The largest absolute Gasteiger partial charge is 0.508 e. The van der Waals surface area contributed by atoms with Gasteiger partial charge >= 0.3 is 5.97 Å². The Morgan fingerprint density at radius 2 is 1.62 bits per heavy atom. The number of sulfonamides is 1. The van der Waals surface area contributed by atoms with Gasteiger partial charge < -0.3 is 10.2 Å². The van der Waals surface area contributed by atoms with E-state index in [0.717, 1.165) is 5.56 Å². The van der Waals surface area contributed by atoms with Gasteiger partial charge in [-0.25, -0.2) is 8.42 Å². The molecule has 0 aliphatic heterocycles. The maximum absolute atomic E-state index is 12.5. The number of phenolic OH excluding ortho intramolecular Hbond substituents is 1. The van der Waals surface area contributed by atoms with E-state index >= 15 is 0 Å². The van der Waals surface area contributed by atoms with Crippen molar-refractivity contribution in [1.29, 1.82) is 0 Å². The first-order valence-corrected chi connectivity index (χ1v) is 8.73. The molecule has 2 aromatic rings. The lowest BCUT2D eigenvalue weighted by molar-refractivity contribution is -0.143. The Bertz CT molecular complexity index is 828. The Hall–Kier alpha value is -2.38. The van der Waals surface area contributed by atoms with Crippen molar-refractivity contribution in [2.75, 3.05) is 0 Å². The van der Waals surface area contributed by atoms with Crippen LogP contribution in [0.4, 0.5) is 0 Å². The van der Waals surface area contributed by atoms with E-state index in [1.165, 1.54) is 31.2 Å². The van der Waals surface area contributed by atoms with Gasteiger partial charge in [0.15, 0.2) is 0 Å². The Morgan fingerprint density at radius 1 is 1.08 bits per heavy atom. The van der Waals surface area contributed by atoms with Gasteiger partial charge in [-0.3, -0.25) is 4.79 Å². The summed E-state index contributed by atoms with van der Waals surface area (Å²) in [4.78, 5) is 11.7. The second-order valence-corrected chi connectivity index (χ2v) is 7.58. The van der Waals surface area contributed by atoms with Crippen LogP contribution in [0.2, 0.25) is 0 Å². The fourth-order valence-corrected chi connectivity index (χ4v) is 3.62. The van der Waals surface area contributed by atoms with Crippen LogP contribution >= 0.6 is 0 Å². The summed E-state index contributed by atoms with van der Waals surface area (Å²) in [6.45, 7) is 3.14. The minimum absolute atomic E-state index is 0.00582. The molecule has 0 bridgehead atoms. The zero-order chi connectivity index (χ0) is 18.0. The van der Waals surface area contributed by atoms with Crippen molar-refractivity contribution in [3.8, 4) is 5.75 Å². The van der Waals surface area contributed by atoms with E-state index < -0.39 is 21.5 Å². The summed E-state index contributed by atoms with van der Waals surface area (Å²) in [5, 5.41) is 18.8. The molecule has 0 unspecified atom stereocenters. The van der Waals surface area contributed by atoms with Gasteiger partial charge in [0, 0.05) is 6.42 Å². The summed E-state index contributed by atoms with van der Waals surface area (Å²) in [7, 11) is -3.99. The first-order valence-electron chi connectivity index (χ1n) is 7.24. The van der Waals surface area contributed by atoms with Crippen LogP contribution in [-0.4, -0.2) is 30.1 Å². The smallest absolute Gasteiger partial charge is 0.324 e. The van der Waals surface area contributed by atoms with Crippen molar-refractivity contribution >= 4 is 16.0 Å². The van der Waals surface area contributed by atoms with Gasteiger partial charge in [-0.15, -0.1) is 0 Å². The maximum atomic E-state index is 12.5. The highest BCUT2D eigenvalue weighted by molar-refractivity contribution is 7.89. The molecule has 0 fully saturated rings. The number of aromatic hydroxyl groups is 1. The molecule has 2 aromatic carbocycles. The average molecular weight is 349 g/mol. The van der Waals surface area contributed by atoms with Crippen LogP contribution in [0.25, 0.3) is 0 Å². The highest BCUT2D eigenvalue weighted by Crippen LogP contribution is 2.20. The van der Waals surface area contributed by atoms with Gasteiger partial charge in [0.25, 0.3) is 0 Å². The fraction of sp³-hybridized carbons (Fsp3) is 0.235. The molecular weight excluding hydrogens is 330 g/mol. The number of nitrogens with one attached hydrogen (secondary N) is 1. The number of aryl methyl sites for hydroxylation is 1. The number of carbonyl (C=O) groups is 1. The number of carboxylic acids is 1. The molecule has 0 spiro atoms. The molecule has 7 heteroatoms. The van der Waals surface area contributed by atoms with E-state index in [0.29, 0.717) is 5.56 Å². The van der Waals surface area contributed by atoms with E-state index in [9.17, 15) is 23.4 Å². The van der Waals surface area contributed by atoms with Gasteiger partial charge in [0.2, 0.25) is 10.0 Å². The minimum Gasteiger partial charge on any atom is -0.508 e. The molecule has 128 valence electrons. The van der Waals surface area contributed by atoms with Crippen molar-refractivity contribution in [2.24, 2.45) is 0 Å². The molecule has 0 saturated carbocycles. The third-order valence-electron chi connectivity index (χ3n) is 3.66. The van der Waals surface area contributed by atoms with Crippen molar-refractivity contribution < 1.29 is 23.4 Å². The van der Waals surface area contributed by atoms with Gasteiger partial charge in [0.05, 0.1) is 4.90 Å². The van der Waals surface area contributed by atoms with Crippen LogP contribution in [0.3, 0.4) is 0 Å². The second-order valence-electron chi connectivity index (χ2n) is 5.90. The van der Waals surface area contributed by atoms with E-state index in [1.54, 1.807) is 24.3 Å². The Balaban J connectivity index is 2.31. The van der Waals surface area contributed by atoms with E-state index in [-0.39, 0.29) is 17.1 Å². The quantitative estimate of drug-likeness (QED) is 0.741. The predicted octanol–water partition coefficient (Wildman–Crippen LogP) is 2.06. The SMILES string of the molecule is Cc1ccc(S(=O)(=O)N[C@@](C)(Cc2ccc(O)cc2)C(=O)O)cc1. The van der Waals surface area contributed by atoms with Crippen LogP contribution < -0.4 is 4.72 Å². The van der Waals surface area contributed by atoms with Crippen molar-refractivity contribution in [3.05, 3.63) is 59.7 Å². The van der Waals surface area contributed by atoms with Crippen LogP contribution in [0, 0.1) is 6.92 Å². The lowest BCUT2D eigenvalue weighted by atomic mass is 9.94. The minimum atomic E-state index is -3.99. The van der Waals surface area contributed by atoms with Crippen molar-refractivity contribution in [3.63, 3.8) is 0 Å². The van der Waals surface area contributed by atoms with E-state index in [1.807, 2.05) is 6.92 Å². The van der Waals surface area contributed by atoms with Crippen LogP contribution in [0.1, 0.15) is 18.1 Å². The van der Waals surface area contributed by atoms with E-state index in [2.05, 4.69) is 4.72 Å². The summed E-state index contributed by atoms with van der Waals surface area (Å²) < 4.78 is 27.3. The number of aliphatic carboxylic acids is 1. The number of benzene rings is 2. The molecule has 0 amide bonds. The lowest BCUT2D eigenvalue weighted by Gasteiger charge is -2.26. The number of hydrogen-bond donors (Lipinski definition) is 3. The summed E-state index contributed by atoms with van der Waals surface area (Å²) >= 11 is 0. The number of rotatable bonds is 6. The summed E-state index contributed by atoms with van der Waals surface area (Å²) in [5.74, 6) is -1.23. The van der Waals surface area contributed by atoms with Gasteiger partial charge in [-0.1, -0.05) is 29.8 Å². The number of hydrogen-bond acceptors (Lipinski definition) is 4. The number of phenols is 1. The molecule has 0 heterocycles. The molecule has 24 heavy (non-hydrogen) atoms. The normalized spacial score (nSPS) is 14.1. The van der Waals surface area contributed by atoms with Crippen LogP contribution in [0.15, 0.2) is 53.4 Å². The Labute approximate surface area is 140 Å². The standard InChI is InChI=1S/C17H19NO5S/c1-12-3-9-15(10-4-12)24(22,23)18-17(2,16(20)21)11-13-5-7-14(19)8-6-13/h3-10,18-19H,11H2,1-2H3,(H,20,21)/t17-/m0/s1. The van der Waals surface area contributed by atoms with Gasteiger partial charge in [0.1, 0.15) is 11.3 Å². The van der Waals surface area contributed by atoms with Crippen molar-refractivity contribution in [1.82, 2.24) is 4.72 Å². The number of carboxylic acid groups (broad SMARTS) is 1. The third kappa shape index (κ3) is 4.12. The topological polar surface area (TPSA) is 104 Å². The maximum Gasteiger partial charge on any atom is 0.324 e. The first kappa shape index (κ1) is 18.0. The molecule has 0 saturated heterocycles. The molecular formula is C17H19NO5S. The first-order chi connectivity index (χ1) is 11.1. The Kier molecular flexibility index (Phi) is 4.96. The highest BCUT2D eigenvalue weighted by atomic mass is 32.2. The molecule has 0 aliphatic carbocycles. The molecule has 1 atom stereocenters. The fourth-order valence-electron chi connectivity index (χ4n) is 2.25. The molecule has 0 aliphatic rings. The highest BCUT2D eigenvalue weighted by Gasteiger charge is 2.38. The average Bonchev–Trinajstić information content (AvgIpc) is 2.49. The van der Waals surface area contributed by atoms with Crippen LogP contribution in [-0.2, 0) is 21.2 Å². The van der Waals surface area contributed by atoms with Crippen LogP contribution in [0.5, 0.6) is 5.75 Å². The zero-order valence-corrected chi connectivity index (χ0v) is 14.2. The monoisotopic (exact) mass is 349 g/mol. The lowest BCUT2D eigenvalue weighted by Crippen LogP contribution is -2.53. The second kappa shape index (κ2) is 6.62. The Morgan fingerprint density at radius 3 is 2.12 bits per heavy atom. The summed E-state index contributed by atoms with van der Waals surface area (Å²) in [6.07, 6.45) is -0.0618. The van der Waals surface area contributed by atoms with E-state index in [4.69, 9.17) is 0 Å². The molecule has 0 radical (unpaired) electrons. The van der Waals surface area contributed by atoms with Gasteiger partial charge in [-0.2, -0.15) is 4.72 Å². The van der Waals surface area contributed by atoms with Gasteiger partial charge in [-0.05, 0) is 43.7 Å². The molecule has 2 rings (SSSR count). The third-order valence-corrected chi connectivity index (χ3v) is 5.27. The predicted molar refractivity (Wildman–Crippen MR) is 89.4 cm³/mol. The molecule has 6 nitrogen and oxygen atoms in total. The molecule has 0 aromatic heterocycles.